The van der Waals surface area contributed by atoms with Crippen LogP contribution in [-0.2, 0) is 14.3 Å². The predicted octanol–water partition coefficient (Wildman–Crippen LogP) is 1.61. The lowest BCUT2D eigenvalue weighted by molar-refractivity contribution is -0.165. The van der Waals surface area contributed by atoms with Crippen molar-refractivity contribution in [2.75, 3.05) is 32.3 Å². The van der Waals surface area contributed by atoms with Crippen molar-refractivity contribution in [1.29, 1.82) is 0 Å². The van der Waals surface area contributed by atoms with Gasteiger partial charge in [-0.25, -0.2) is 0 Å². The number of ether oxygens (including phenoxy) is 2. The van der Waals surface area contributed by atoms with Crippen molar-refractivity contribution in [3.63, 3.8) is 0 Å². The number of amides is 2. The number of benzene rings is 1. The van der Waals surface area contributed by atoms with Crippen LogP contribution in [0.3, 0.4) is 0 Å². The van der Waals surface area contributed by atoms with Crippen molar-refractivity contribution in [3.8, 4) is 5.75 Å². The summed E-state index contributed by atoms with van der Waals surface area (Å²) in [6.45, 7) is 0.552. The van der Waals surface area contributed by atoms with E-state index in [1.54, 1.807) is 18.9 Å². The highest BCUT2D eigenvalue weighted by Crippen LogP contribution is 2.39. The number of nitrogens with one attached hydrogen (secondary N) is 1. The summed E-state index contributed by atoms with van der Waals surface area (Å²) in [5.41, 5.74) is 0.894. The maximum absolute atomic E-state index is 12.7. The fourth-order valence-corrected chi connectivity index (χ4v) is 3.45. The van der Waals surface area contributed by atoms with Crippen molar-refractivity contribution in [2.45, 2.75) is 31.0 Å². The molecule has 0 radical (unpaired) electrons. The lowest BCUT2D eigenvalue weighted by Gasteiger charge is -2.40. The summed E-state index contributed by atoms with van der Waals surface area (Å²) in [5, 5.41) is 2.92. The third kappa shape index (κ3) is 4.10. The van der Waals surface area contributed by atoms with Crippen LogP contribution in [0.5, 0.6) is 5.75 Å². The molecule has 7 heteroatoms. The van der Waals surface area contributed by atoms with E-state index in [1.807, 2.05) is 35.4 Å². The Kier molecular flexibility index (Phi) is 5.86. The smallest absolute Gasteiger partial charge is 0.251 e. The molecule has 136 valence electrons. The average Bonchev–Trinajstić information content (AvgIpc) is 3.46. The van der Waals surface area contributed by atoms with Crippen LogP contribution in [-0.4, -0.2) is 61.1 Å². The standard InChI is InChI=1S/C18H24N2O4S/c1-23-14-7-3-12(4-8-14)16-17(18(22)19-9-10-25-2)24-11-15(21)20(16)13-5-6-13/h3-4,7-8,13,16-17H,5-6,9-11H2,1-2H3,(H,19,22)/t16-,17+/m1/s1. The topological polar surface area (TPSA) is 67.9 Å². The van der Waals surface area contributed by atoms with E-state index in [9.17, 15) is 9.59 Å². The first kappa shape index (κ1) is 18.1. The summed E-state index contributed by atoms with van der Waals surface area (Å²) in [5.74, 6) is 1.38. The van der Waals surface area contributed by atoms with E-state index < -0.39 is 12.1 Å². The lowest BCUT2D eigenvalue weighted by atomic mass is 9.96. The number of methoxy groups -OCH3 is 1. The maximum Gasteiger partial charge on any atom is 0.251 e. The first-order chi connectivity index (χ1) is 12.2. The third-order valence-corrected chi connectivity index (χ3v) is 5.13. The molecule has 2 amide bonds. The number of hydrogen-bond acceptors (Lipinski definition) is 5. The molecule has 1 saturated carbocycles. The molecular formula is C18H24N2O4S. The third-order valence-electron chi connectivity index (χ3n) is 4.52. The van der Waals surface area contributed by atoms with Gasteiger partial charge in [-0.3, -0.25) is 9.59 Å². The molecule has 6 nitrogen and oxygen atoms in total. The van der Waals surface area contributed by atoms with Crippen molar-refractivity contribution in [3.05, 3.63) is 29.8 Å². The van der Waals surface area contributed by atoms with Gasteiger partial charge in [0, 0.05) is 18.3 Å². The number of morpholine rings is 1. The Balaban J connectivity index is 1.86. The zero-order valence-electron chi connectivity index (χ0n) is 14.6. The second-order valence-electron chi connectivity index (χ2n) is 6.27. The number of hydrogen-bond donors (Lipinski definition) is 1. The highest BCUT2D eigenvalue weighted by atomic mass is 32.2. The number of rotatable bonds is 7. The van der Waals surface area contributed by atoms with Crippen LogP contribution in [0.2, 0.25) is 0 Å². The molecule has 0 spiro atoms. The van der Waals surface area contributed by atoms with Crippen LogP contribution >= 0.6 is 11.8 Å². The molecule has 2 aliphatic rings. The molecule has 1 aliphatic heterocycles. The molecule has 1 aromatic carbocycles. The lowest BCUT2D eigenvalue weighted by Crippen LogP contribution is -2.55. The molecule has 2 atom stereocenters. The molecule has 0 unspecified atom stereocenters. The summed E-state index contributed by atoms with van der Waals surface area (Å²) in [6, 6.07) is 7.33. The van der Waals surface area contributed by atoms with Crippen LogP contribution in [0.1, 0.15) is 24.4 Å². The summed E-state index contributed by atoms with van der Waals surface area (Å²) in [7, 11) is 1.61. The number of carbonyl (C=O) groups excluding carboxylic acids is 2. The van der Waals surface area contributed by atoms with Crippen molar-refractivity contribution < 1.29 is 19.1 Å². The average molecular weight is 364 g/mol. The quantitative estimate of drug-likeness (QED) is 0.745. The molecule has 1 aliphatic carbocycles. The fraction of sp³-hybridized carbons (Fsp3) is 0.556. The summed E-state index contributed by atoms with van der Waals surface area (Å²) in [4.78, 5) is 27.0. The molecule has 1 N–H and O–H groups in total. The normalized spacial score (nSPS) is 23.4. The molecule has 3 rings (SSSR count). The number of thioether (sulfide) groups is 1. The van der Waals surface area contributed by atoms with Gasteiger partial charge in [-0.05, 0) is 36.8 Å². The Morgan fingerprint density at radius 1 is 1.36 bits per heavy atom. The van der Waals surface area contributed by atoms with Crippen LogP contribution in [0.25, 0.3) is 0 Å². The molecule has 25 heavy (non-hydrogen) atoms. The predicted molar refractivity (Wildman–Crippen MR) is 96.7 cm³/mol. The van der Waals surface area contributed by atoms with Crippen molar-refractivity contribution in [2.24, 2.45) is 0 Å². The first-order valence-electron chi connectivity index (χ1n) is 8.49. The molecular weight excluding hydrogens is 340 g/mol. The van der Waals surface area contributed by atoms with E-state index in [4.69, 9.17) is 9.47 Å². The SMILES string of the molecule is COc1ccc([C@@H]2[C@@H](C(=O)NCCSC)OCC(=O)N2C2CC2)cc1. The van der Waals surface area contributed by atoms with E-state index in [1.165, 1.54) is 0 Å². The molecule has 1 aromatic rings. The van der Waals surface area contributed by atoms with E-state index in [-0.39, 0.29) is 24.5 Å². The summed E-state index contributed by atoms with van der Waals surface area (Å²) in [6.07, 6.45) is 3.28. The number of carbonyl (C=O) groups is 2. The molecule has 1 saturated heterocycles. The molecule has 0 bridgehead atoms. The van der Waals surface area contributed by atoms with Gasteiger partial charge in [-0.1, -0.05) is 12.1 Å². The Labute approximate surface area is 152 Å². The van der Waals surface area contributed by atoms with Gasteiger partial charge in [-0.15, -0.1) is 0 Å². The van der Waals surface area contributed by atoms with Gasteiger partial charge >= 0.3 is 0 Å². The Morgan fingerprint density at radius 3 is 2.68 bits per heavy atom. The molecule has 2 fully saturated rings. The van der Waals surface area contributed by atoms with Gasteiger partial charge in [0.15, 0.2) is 6.10 Å². The van der Waals surface area contributed by atoms with E-state index in [0.717, 1.165) is 29.9 Å². The Morgan fingerprint density at radius 2 is 2.08 bits per heavy atom. The van der Waals surface area contributed by atoms with Crippen LogP contribution < -0.4 is 10.1 Å². The highest BCUT2D eigenvalue weighted by molar-refractivity contribution is 7.98. The minimum Gasteiger partial charge on any atom is -0.497 e. The van der Waals surface area contributed by atoms with Gasteiger partial charge in [0.05, 0.1) is 13.2 Å². The van der Waals surface area contributed by atoms with E-state index in [2.05, 4.69) is 5.32 Å². The van der Waals surface area contributed by atoms with Gasteiger partial charge in [0.1, 0.15) is 12.4 Å². The van der Waals surface area contributed by atoms with Gasteiger partial charge in [0.25, 0.3) is 5.91 Å². The van der Waals surface area contributed by atoms with E-state index >= 15 is 0 Å². The summed E-state index contributed by atoms with van der Waals surface area (Å²) >= 11 is 1.67. The zero-order valence-corrected chi connectivity index (χ0v) is 15.4. The molecule has 0 aromatic heterocycles. The Hall–Kier alpha value is -1.73. The van der Waals surface area contributed by atoms with Crippen molar-refractivity contribution >= 4 is 23.6 Å². The largest absolute Gasteiger partial charge is 0.497 e. The maximum atomic E-state index is 12.7. The van der Waals surface area contributed by atoms with Crippen molar-refractivity contribution in [1.82, 2.24) is 10.2 Å². The fourth-order valence-electron chi connectivity index (χ4n) is 3.14. The molecule has 1 heterocycles. The van der Waals surface area contributed by atoms with Crippen LogP contribution in [0.4, 0.5) is 0 Å². The second kappa shape index (κ2) is 8.10. The van der Waals surface area contributed by atoms with E-state index in [0.29, 0.717) is 6.54 Å². The van der Waals surface area contributed by atoms with Gasteiger partial charge in [-0.2, -0.15) is 11.8 Å². The first-order valence-corrected chi connectivity index (χ1v) is 9.88. The van der Waals surface area contributed by atoms with Gasteiger partial charge < -0.3 is 19.7 Å². The van der Waals surface area contributed by atoms with Crippen LogP contribution in [0.15, 0.2) is 24.3 Å². The number of nitrogens with zero attached hydrogens (tertiary/aromatic N) is 1. The minimum atomic E-state index is -0.687. The monoisotopic (exact) mass is 364 g/mol. The minimum absolute atomic E-state index is 0.0379. The zero-order chi connectivity index (χ0) is 17.8. The Bertz CT molecular complexity index is 618. The summed E-state index contributed by atoms with van der Waals surface area (Å²) < 4.78 is 10.9. The second-order valence-corrected chi connectivity index (χ2v) is 7.25. The van der Waals surface area contributed by atoms with Gasteiger partial charge in [0.2, 0.25) is 5.91 Å². The van der Waals surface area contributed by atoms with Crippen LogP contribution in [0, 0.1) is 0 Å². The highest BCUT2D eigenvalue weighted by Gasteiger charge is 2.47.